The summed E-state index contributed by atoms with van der Waals surface area (Å²) < 4.78 is 13.0. The van der Waals surface area contributed by atoms with E-state index in [9.17, 15) is 9.18 Å². The van der Waals surface area contributed by atoms with Gasteiger partial charge in [-0.1, -0.05) is 51.2 Å². The molecular formula is C18H26FNOS. The van der Waals surface area contributed by atoms with Crippen molar-refractivity contribution in [3.8, 4) is 0 Å². The second-order valence-corrected chi connectivity index (χ2v) is 7.07. The molecule has 1 amide bonds. The van der Waals surface area contributed by atoms with Crippen LogP contribution in [0.25, 0.3) is 0 Å². The summed E-state index contributed by atoms with van der Waals surface area (Å²) in [4.78, 5) is 14.4. The Balaban J connectivity index is 1.79. The minimum absolute atomic E-state index is 0.0631. The average Bonchev–Trinajstić information content (AvgIpc) is 3.01. The minimum atomic E-state index is -0.225. The lowest BCUT2D eigenvalue weighted by Gasteiger charge is -2.24. The molecule has 0 spiro atoms. The number of carbonyl (C=O) groups is 1. The van der Waals surface area contributed by atoms with E-state index in [1.165, 1.54) is 37.8 Å². The molecule has 1 heterocycles. The average molecular weight is 323 g/mol. The summed E-state index contributed by atoms with van der Waals surface area (Å²) in [6, 6.07) is 6.54. The van der Waals surface area contributed by atoms with Crippen LogP contribution in [-0.2, 0) is 4.79 Å². The molecule has 122 valence electrons. The fourth-order valence-corrected chi connectivity index (χ4v) is 4.11. The van der Waals surface area contributed by atoms with Crippen molar-refractivity contribution in [1.29, 1.82) is 0 Å². The maximum atomic E-state index is 13.0. The molecule has 1 atom stereocenters. The number of benzene rings is 1. The lowest BCUT2D eigenvalue weighted by atomic mass is 10.1. The van der Waals surface area contributed by atoms with Gasteiger partial charge >= 0.3 is 0 Å². The summed E-state index contributed by atoms with van der Waals surface area (Å²) in [5.74, 6) is 0.983. The zero-order valence-electron chi connectivity index (χ0n) is 13.4. The van der Waals surface area contributed by atoms with Gasteiger partial charge in [0.15, 0.2) is 0 Å². The SMILES string of the molecule is CCCCCCCCC(=O)N1CCSC1c1ccc(F)cc1. The number of rotatable bonds is 8. The number of carbonyl (C=O) groups excluding carboxylic acids is 1. The van der Waals surface area contributed by atoms with E-state index in [1.807, 2.05) is 4.90 Å². The number of halogens is 1. The van der Waals surface area contributed by atoms with E-state index in [4.69, 9.17) is 0 Å². The molecule has 1 aliphatic heterocycles. The van der Waals surface area contributed by atoms with Crippen molar-refractivity contribution in [1.82, 2.24) is 4.90 Å². The van der Waals surface area contributed by atoms with Crippen LogP contribution in [0, 0.1) is 5.82 Å². The fraction of sp³-hybridized carbons (Fsp3) is 0.611. The Morgan fingerprint density at radius 3 is 2.59 bits per heavy atom. The van der Waals surface area contributed by atoms with Crippen LogP contribution in [0.3, 0.4) is 0 Å². The van der Waals surface area contributed by atoms with Crippen LogP contribution >= 0.6 is 11.8 Å². The van der Waals surface area contributed by atoms with Gasteiger partial charge in [0.1, 0.15) is 11.2 Å². The van der Waals surface area contributed by atoms with Crippen molar-refractivity contribution < 1.29 is 9.18 Å². The molecule has 4 heteroatoms. The monoisotopic (exact) mass is 323 g/mol. The Morgan fingerprint density at radius 1 is 1.18 bits per heavy atom. The molecule has 1 unspecified atom stereocenters. The van der Waals surface area contributed by atoms with Crippen LogP contribution in [0.1, 0.15) is 62.8 Å². The number of hydrogen-bond donors (Lipinski definition) is 0. The maximum absolute atomic E-state index is 13.0. The molecule has 1 aliphatic rings. The van der Waals surface area contributed by atoms with Gasteiger partial charge in [-0.2, -0.15) is 0 Å². The third kappa shape index (κ3) is 5.01. The summed E-state index contributed by atoms with van der Waals surface area (Å²) in [5.41, 5.74) is 1.03. The first-order chi connectivity index (χ1) is 10.7. The van der Waals surface area contributed by atoms with E-state index in [0.717, 1.165) is 30.7 Å². The van der Waals surface area contributed by atoms with Gasteiger partial charge in [-0.25, -0.2) is 4.39 Å². The summed E-state index contributed by atoms with van der Waals surface area (Å²) in [6.07, 6.45) is 7.84. The predicted molar refractivity (Wildman–Crippen MR) is 91.3 cm³/mol. The number of unbranched alkanes of at least 4 members (excludes halogenated alkanes) is 5. The fourth-order valence-electron chi connectivity index (χ4n) is 2.83. The molecule has 0 N–H and O–H groups in total. The van der Waals surface area contributed by atoms with Crippen LogP contribution in [-0.4, -0.2) is 23.1 Å². The smallest absolute Gasteiger partial charge is 0.223 e. The van der Waals surface area contributed by atoms with Crippen molar-refractivity contribution in [2.24, 2.45) is 0 Å². The quantitative estimate of drug-likeness (QED) is 0.617. The summed E-state index contributed by atoms with van der Waals surface area (Å²) in [6.45, 7) is 3.02. The van der Waals surface area contributed by atoms with E-state index < -0.39 is 0 Å². The second-order valence-electron chi connectivity index (χ2n) is 5.88. The van der Waals surface area contributed by atoms with Crippen molar-refractivity contribution in [3.63, 3.8) is 0 Å². The molecule has 22 heavy (non-hydrogen) atoms. The first-order valence-corrected chi connectivity index (χ1v) is 9.43. The Bertz CT molecular complexity index is 463. The molecule has 1 saturated heterocycles. The Kier molecular flexibility index (Phi) is 7.23. The van der Waals surface area contributed by atoms with Crippen LogP contribution in [0.2, 0.25) is 0 Å². The summed E-state index contributed by atoms with van der Waals surface area (Å²) >= 11 is 1.77. The van der Waals surface area contributed by atoms with Crippen LogP contribution in [0.5, 0.6) is 0 Å². The Labute approximate surface area is 137 Å². The van der Waals surface area contributed by atoms with Crippen LogP contribution < -0.4 is 0 Å². The van der Waals surface area contributed by atoms with Gasteiger partial charge in [-0.05, 0) is 24.1 Å². The van der Waals surface area contributed by atoms with Gasteiger partial charge in [-0.3, -0.25) is 4.79 Å². The molecule has 2 nitrogen and oxygen atoms in total. The Morgan fingerprint density at radius 2 is 1.86 bits per heavy atom. The number of hydrogen-bond acceptors (Lipinski definition) is 2. The number of nitrogens with zero attached hydrogens (tertiary/aromatic N) is 1. The summed E-state index contributed by atoms with van der Waals surface area (Å²) in [7, 11) is 0. The zero-order chi connectivity index (χ0) is 15.8. The second kappa shape index (κ2) is 9.19. The number of amides is 1. The normalized spacial score (nSPS) is 17.9. The highest BCUT2D eigenvalue weighted by Gasteiger charge is 2.29. The maximum Gasteiger partial charge on any atom is 0.223 e. The first-order valence-electron chi connectivity index (χ1n) is 8.39. The van der Waals surface area contributed by atoms with Crippen molar-refractivity contribution in [3.05, 3.63) is 35.6 Å². The first kappa shape index (κ1) is 17.3. The van der Waals surface area contributed by atoms with Gasteiger partial charge in [0.05, 0.1) is 0 Å². The zero-order valence-corrected chi connectivity index (χ0v) is 14.2. The third-order valence-electron chi connectivity index (χ3n) is 4.11. The predicted octanol–water partition coefficient (Wildman–Crippen LogP) is 5.15. The van der Waals surface area contributed by atoms with E-state index >= 15 is 0 Å². The van der Waals surface area contributed by atoms with Gasteiger partial charge < -0.3 is 4.90 Å². The van der Waals surface area contributed by atoms with Crippen molar-refractivity contribution in [2.45, 2.75) is 57.2 Å². The molecular weight excluding hydrogens is 297 g/mol. The lowest BCUT2D eigenvalue weighted by Crippen LogP contribution is -2.30. The molecule has 0 aliphatic carbocycles. The molecule has 1 aromatic carbocycles. The van der Waals surface area contributed by atoms with E-state index in [1.54, 1.807) is 23.9 Å². The van der Waals surface area contributed by atoms with Crippen LogP contribution in [0.4, 0.5) is 4.39 Å². The molecule has 2 rings (SSSR count). The highest BCUT2D eigenvalue weighted by atomic mass is 32.2. The molecule has 0 aromatic heterocycles. The molecule has 1 aromatic rings. The molecule has 1 fully saturated rings. The van der Waals surface area contributed by atoms with E-state index in [0.29, 0.717) is 6.42 Å². The van der Waals surface area contributed by atoms with Gasteiger partial charge in [0.25, 0.3) is 0 Å². The number of thioether (sulfide) groups is 1. The molecule has 0 bridgehead atoms. The standard InChI is InChI=1S/C18H26FNOS/c1-2-3-4-5-6-7-8-17(21)20-13-14-22-18(20)15-9-11-16(19)12-10-15/h9-12,18H,2-8,13-14H2,1H3. The largest absolute Gasteiger partial charge is 0.326 e. The van der Waals surface area contributed by atoms with E-state index in [-0.39, 0.29) is 17.1 Å². The summed E-state index contributed by atoms with van der Waals surface area (Å²) in [5, 5.41) is 0.0631. The van der Waals surface area contributed by atoms with Gasteiger partial charge in [0.2, 0.25) is 5.91 Å². The van der Waals surface area contributed by atoms with Gasteiger partial charge in [0, 0.05) is 18.7 Å². The van der Waals surface area contributed by atoms with Crippen LogP contribution in [0.15, 0.2) is 24.3 Å². The molecule has 0 saturated carbocycles. The Hall–Kier alpha value is -1.03. The minimum Gasteiger partial charge on any atom is -0.326 e. The van der Waals surface area contributed by atoms with E-state index in [2.05, 4.69) is 6.92 Å². The third-order valence-corrected chi connectivity index (χ3v) is 5.37. The van der Waals surface area contributed by atoms with Crippen molar-refractivity contribution in [2.75, 3.05) is 12.3 Å². The lowest BCUT2D eigenvalue weighted by molar-refractivity contribution is -0.131. The highest BCUT2D eigenvalue weighted by Crippen LogP contribution is 2.38. The van der Waals surface area contributed by atoms with Gasteiger partial charge in [-0.15, -0.1) is 11.8 Å². The van der Waals surface area contributed by atoms with Crippen molar-refractivity contribution >= 4 is 17.7 Å². The topological polar surface area (TPSA) is 20.3 Å². The highest BCUT2D eigenvalue weighted by molar-refractivity contribution is 7.99. The molecule has 0 radical (unpaired) electrons.